The highest BCUT2D eigenvalue weighted by atomic mass is 19.4. The van der Waals surface area contributed by atoms with Crippen LogP contribution in [0, 0.1) is 5.92 Å². The Morgan fingerprint density at radius 3 is 2.33 bits per heavy atom. The highest BCUT2D eigenvalue weighted by molar-refractivity contribution is 6.38. The normalized spacial score (nSPS) is 24.2. The summed E-state index contributed by atoms with van der Waals surface area (Å²) in [6.07, 6.45) is -5.84. The lowest BCUT2D eigenvalue weighted by molar-refractivity contribution is -0.261. The molecule has 0 bridgehead atoms. The average Bonchev–Trinajstić information content (AvgIpc) is 2.53. The molecule has 0 spiro atoms. The monoisotopic (exact) mass is 265 g/mol. The molecule has 18 heavy (non-hydrogen) atoms. The molecule has 0 aliphatic carbocycles. The van der Waals surface area contributed by atoms with Crippen molar-refractivity contribution in [3.63, 3.8) is 0 Å². The van der Waals surface area contributed by atoms with Gasteiger partial charge in [-0.1, -0.05) is 13.8 Å². The predicted molar refractivity (Wildman–Crippen MR) is 57.1 cm³/mol. The molecular weight excluding hydrogens is 251 g/mol. The zero-order valence-corrected chi connectivity index (χ0v) is 10.3. The summed E-state index contributed by atoms with van der Waals surface area (Å²) in [5.74, 6) is -1.94. The van der Waals surface area contributed by atoms with Crippen LogP contribution in [0.25, 0.3) is 0 Å². The molecule has 1 rings (SSSR count). The van der Waals surface area contributed by atoms with Gasteiger partial charge in [0, 0.05) is 18.8 Å². The Balaban J connectivity index is 3.09. The molecule has 102 valence electrons. The summed E-state index contributed by atoms with van der Waals surface area (Å²) in [5.41, 5.74) is -3.13. The highest BCUT2D eigenvalue weighted by Crippen LogP contribution is 2.42. The van der Waals surface area contributed by atoms with Crippen LogP contribution in [0.3, 0.4) is 0 Å². The second kappa shape index (κ2) is 4.70. The summed E-state index contributed by atoms with van der Waals surface area (Å²) >= 11 is 0. The van der Waals surface area contributed by atoms with Crippen LogP contribution in [0.15, 0.2) is 4.99 Å². The van der Waals surface area contributed by atoms with Crippen molar-refractivity contribution in [3.8, 4) is 0 Å². The van der Waals surface area contributed by atoms with Gasteiger partial charge in [0.05, 0.1) is 0 Å². The second-order valence-corrected chi connectivity index (χ2v) is 4.53. The molecule has 0 radical (unpaired) electrons. The molecule has 0 saturated heterocycles. The number of halogens is 3. The summed E-state index contributed by atoms with van der Waals surface area (Å²) in [5, 5.41) is 0. The van der Waals surface area contributed by atoms with Gasteiger partial charge in [-0.15, -0.1) is 0 Å². The number of hydrogen-bond donors (Lipinski definition) is 0. The number of rotatable bonds is 4. The Morgan fingerprint density at radius 1 is 1.44 bits per heavy atom. The number of esters is 1. The van der Waals surface area contributed by atoms with Crippen LogP contribution in [-0.2, 0) is 14.3 Å². The van der Waals surface area contributed by atoms with Gasteiger partial charge in [-0.05, 0) is 6.92 Å². The Bertz CT molecular complexity index is 401. The molecule has 0 saturated carbocycles. The van der Waals surface area contributed by atoms with Crippen LogP contribution in [0.4, 0.5) is 13.2 Å². The fraction of sp³-hybridized carbons (Fsp3) is 0.727. The Kier molecular flexibility index (Phi) is 3.83. The topological polar surface area (TPSA) is 55.7 Å². The highest BCUT2D eigenvalue weighted by Gasteiger charge is 2.62. The third kappa shape index (κ3) is 2.70. The molecule has 1 heterocycles. The minimum atomic E-state index is -4.82. The Hall–Kier alpha value is -1.40. The third-order valence-corrected chi connectivity index (χ3v) is 2.58. The molecule has 0 aromatic heterocycles. The lowest BCUT2D eigenvalue weighted by atomic mass is 10.1. The fourth-order valence-corrected chi connectivity index (χ4v) is 1.55. The van der Waals surface area contributed by atoms with Gasteiger partial charge in [0.2, 0.25) is 0 Å². The summed E-state index contributed by atoms with van der Waals surface area (Å²) in [4.78, 5) is 25.6. The molecule has 0 amide bonds. The first-order valence-corrected chi connectivity index (χ1v) is 5.48. The Labute approximate surface area is 102 Å². The predicted octanol–water partition coefficient (Wildman–Crippen LogP) is 2.27. The standard InChI is InChI=1S/C11H14F3NO3/c1-6(2)8-9(17)18-10(15-8,11(12,13)14)5-4-7(3)16/h6H,4-5H2,1-3H3. The number of ketones is 1. The second-order valence-electron chi connectivity index (χ2n) is 4.53. The van der Waals surface area contributed by atoms with Crippen molar-refractivity contribution in [2.75, 3.05) is 0 Å². The van der Waals surface area contributed by atoms with Crippen LogP contribution in [0.5, 0.6) is 0 Å². The van der Waals surface area contributed by atoms with Gasteiger partial charge in [0.25, 0.3) is 5.72 Å². The molecule has 7 heteroatoms. The Morgan fingerprint density at radius 2 is 2.00 bits per heavy atom. The summed E-state index contributed by atoms with van der Waals surface area (Å²) in [6, 6.07) is 0. The molecule has 0 fully saturated rings. The number of alkyl halides is 3. The van der Waals surface area contributed by atoms with E-state index in [1.165, 1.54) is 6.92 Å². The molecule has 1 atom stereocenters. The number of hydrogen-bond acceptors (Lipinski definition) is 4. The van der Waals surface area contributed by atoms with Crippen LogP contribution in [-0.4, -0.2) is 29.4 Å². The average molecular weight is 265 g/mol. The lowest BCUT2D eigenvalue weighted by Crippen LogP contribution is -2.44. The number of Topliss-reactive ketones (excluding diaryl/α,β-unsaturated/α-hetero) is 1. The van der Waals surface area contributed by atoms with Gasteiger partial charge in [-0.2, -0.15) is 13.2 Å². The summed E-state index contributed by atoms with van der Waals surface area (Å²) < 4.78 is 43.4. The van der Waals surface area contributed by atoms with Crippen molar-refractivity contribution in [3.05, 3.63) is 0 Å². The van der Waals surface area contributed by atoms with E-state index in [0.29, 0.717) is 0 Å². The first kappa shape index (κ1) is 14.7. The van der Waals surface area contributed by atoms with Crippen molar-refractivity contribution < 1.29 is 27.5 Å². The zero-order valence-electron chi connectivity index (χ0n) is 10.3. The van der Waals surface area contributed by atoms with Crippen molar-refractivity contribution in [2.45, 2.75) is 45.5 Å². The van der Waals surface area contributed by atoms with Crippen molar-refractivity contribution in [1.82, 2.24) is 0 Å². The van der Waals surface area contributed by atoms with E-state index in [4.69, 9.17) is 0 Å². The SMILES string of the molecule is CC(=O)CCC1(C(F)(F)F)N=C(C(C)C)C(=O)O1. The lowest BCUT2D eigenvalue weighted by Gasteiger charge is -2.26. The number of aliphatic imine (C=N–C) groups is 1. The maximum Gasteiger partial charge on any atom is 0.450 e. The number of ether oxygens (including phenoxy) is 1. The van der Waals surface area contributed by atoms with E-state index in [1.807, 2.05) is 0 Å². The van der Waals surface area contributed by atoms with E-state index in [-0.39, 0.29) is 12.1 Å². The van der Waals surface area contributed by atoms with E-state index in [9.17, 15) is 22.8 Å². The van der Waals surface area contributed by atoms with Crippen LogP contribution in [0.1, 0.15) is 33.6 Å². The number of carbonyl (C=O) groups excluding carboxylic acids is 2. The van der Waals surface area contributed by atoms with Gasteiger partial charge in [-0.25, -0.2) is 9.79 Å². The smallest absolute Gasteiger partial charge is 0.422 e. The van der Waals surface area contributed by atoms with Crippen molar-refractivity contribution in [2.24, 2.45) is 10.9 Å². The van der Waals surface area contributed by atoms with E-state index >= 15 is 0 Å². The minimum absolute atomic E-state index is 0.240. The van der Waals surface area contributed by atoms with E-state index in [2.05, 4.69) is 9.73 Å². The quantitative estimate of drug-likeness (QED) is 0.733. The molecular formula is C11H14F3NO3. The van der Waals surface area contributed by atoms with Gasteiger partial charge in [-0.3, -0.25) is 0 Å². The molecule has 0 aromatic carbocycles. The number of nitrogens with zero attached hydrogens (tertiary/aromatic N) is 1. The first-order valence-electron chi connectivity index (χ1n) is 5.48. The molecule has 1 aliphatic rings. The molecule has 4 nitrogen and oxygen atoms in total. The number of cyclic esters (lactones) is 1. The molecule has 1 unspecified atom stereocenters. The van der Waals surface area contributed by atoms with Crippen LogP contribution in [0.2, 0.25) is 0 Å². The van der Waals surface area contributed by atoms with Gasteiger partial charge in [0.15, 0.2) is 0 Å². The maximum absolute atomic E-state index is 13.0. The van der Waals surface area contributed by atoms with Gasteiger partial charge >= 0.3 is 12.1 Å². The molecule has 0 N–H and O–H groups in total. The largest absolute Gasteiger partial charge is 0.450 e. The third-order valence-electron chi connectivity index (χ3n) is 2.58. The van der Waals surface area contributed by atoms with E-state index < -0.39 is 36.0 Å². The fourth-order valence-electron chi connectivity index (χ4n) is 1.55. The molecule has 1 aliphatic heterocycles. The van der Waals surface area contributed by atoms with E-state index in [1.54, 1.807) is 13.8 Å². The number of carbonyl (C=O) groups is 2. The minimum Gasteiger partial charge on any atom is -0.422 e. The van der Waals surface area contributed by atoms with Crippen LogP contribution < -0.4 is 0 Å². The van der Waals surface area contributed by atoms with Gasteiger partial charge < -0.3 is 9.53 Å². The van der Waals surface area contributed by atoms with Gasteiger partial charge in [0.1, 0.15) is 11.5 Å². The van der Waals surface area contributed by atoms with Crippen molar-refractivity contribution in [1.29, 1.82) is 0 Å². The van der Waals surface area contributed by atoms with E-state index in [0.717, 1.165) is 0 Å². The summed E-state index contributed by atoms with van der Waals surface area (Å²) in [6.45, 7) is 4.28. The first-order chi connectivity index (χ1) is 8.09. The van der Waals surface area contributed by atoms with Crippen LogP contribution >= 0.6 is 0 Å². The van der Waals surface area contributed by atoms with Crippen molar-refractivity contribution >= 4 is 17.5 Å². The maximum atomic E-state index is 13.0. The zero-order chi connectivity index (χ0) is 14.1. The summed E-state index contributed by atoms with van der Waals surface area (Å²) in [7, 11) is 0. The molecule has 0 aromatic rings.